The molecule has 2 aliphatic carbocycles. The van der Waals surface area contributed by atoms with Gasteiger partial charge < -0.3 is 26.6 Å². The molecule has 3 aliphatic rings. The molecule has 10 heteroatoms. The summed E-state index contributed by atoms with van der Waals surface area (Å²) in [4.78, 5) is 65.7. The summed E-state index contributed by atoms with van der Waals surface area (Å²) in [5.74, 6) is -2.34. The fourth-order valence-corrected chi connectivity index (χ4v) is 5.48. The van der Waals surface area contributed by atoms with Gasteiger partial charge in [0.25, 0.3) is 5.91 Å². The summed E-state index contributed by atoms with van der Waals surface area (Å²) < 4.78 is 0. The van der Waals surface area contributed by atoms with Gasteiger partial charge in [-0.2, -0.15) is 0 Å². The lowest BCUT2D eigenvalue weighted by molar-refractivity contribution is -0.145. The molecule has 0 bridgehead atoms. The maximum absolute atomic E-state index is 13.9. The smallest absolute Gasteiger partial charge is 0.315 e. The average molecular weight is 506 g/mol. The van der Waals surface area contributed by atoms with Crippen LogP contribution >= 0.6 is 0 Å². The van der Waals surface area contributed by atoms with Crippen LogP contribution in [-0.4, -0.2) is 64.6 Å². The monoisotopic (exact) mass is 505 g/mol. The van der Waals surface area contributed by atoms with Gasteiger partial charge in [0.15, 0.2) is 0 Å². The number of hydrogen-bond acceptors (Lipinski definition) is 5. The van der Waals surface area contributed by atoms with Crippen molar-refractivity contribution in [1.82, 2.24) is 20.9 Å². The van der Waals surface area contributed by atoms with E-state index in [1.165, 1.54) is 0 Å². The van der Waals surface area contributed by atoms with E-state index in [-0.39, 0.29) is 29.1 Å². The first-order valence-electron chi connectivity index (χ1n) is 12.9. The zero-order valence-electron chi connectivity index (χ0n) is 22.9. The second-order valence-electron chi connectivity index (χ2n) is 13.5. The molecule has 1 saturated heterocycles. The first-order chi connectivity index (χ1) is 16.3. The number of piperidine rings is 1. The maximum Gasteiger partial charge on any atom is 0.315 e. The molecule has 2 saturated carbocycles. The number of nitrogens with one attached hydrogen (secondary N) is 3. The highest BCUT2D eigenvalue weighted by atomic mass is 16.2. The van der Waals surface area contributed by atoms with Crippen LogP contribution in [0.2, 0.25) is 0 Å². The van der Waals surface area contributed by atoms with Gasteiger partial charge in [0.05, 0.1) is 6.04 Å². The van der Waals surface area contributed by atoms with Crippen molar-refractivity contribution in [3.8, 4) is 0 Å². The molecule has 4 unspecified atom stereocenters. The third-order valence-corrected chi connectivity index (χ3v) is 7.78. The number of primary amides is 1. The summed E-state index contributed by atoms with van der Waals surface area (Å²) in [7, 11) is 0. The summed E-state index contributed by atoms with van der Waals surface area (Å²) in [5.41, 5.74) is 4.01. The molecule has 3 fully saturated rings. The van der Waals surface area contributed by atoms with Crippen molar-refractivity contribution in [2.45, 2.75) is 98.3 Å². The van der Waals surface area contributed by atoms with Gasteiger partial charge >= 0.3 is 6.03 Å². The van der Waals surface area contributed by atoms with Gasteiger partial charge in [-0.1, -0.05) is 47.5 Å². The lowest BCUT2D eigenvalue weighted by Crippen LogP contribution is -2.62. The van der Waals surface area contributed by atoms with E-state index in [1.54, 1.807) is 4.90 Å². The summed E-state index contributed by atoms with van der Waals surface area (Å²) in [5, 5.41) is 8.40. The molecule has 1 aliphatic heterocycles. The molecule has 3 rings (SSSR count). The van der Waals surface area contributed by atoms with Crippen LogP contribution in [0.4, 0.5) is 4.79 Å². The van der Waals surface area contributed by atoms with Crippen LogP contribution in [-0.2, 0) is 19.2 Å². The van der Waals surface area contributed by atoms with E-state index < -0.39 is 52.7 Å². The van der Waals surface area contributed by atoms with Crippen molar-refractivity contribution in [1.29, 1.82) is 0 Å². The predicted octanol–water partition coefficient (Wildman–Crippen LogP) is 1.32. The SMILES string of the molecule is CC(C)(C)NC(=O)NC(C(=O)N1C[C@H]2C(C1C(=O)NC(CC1CC1)C(=O)C(N)=O)C2(C)C)C(C)(C)C. The number of fused-ring (bicyclic) bond motifs is 1. The predicted molar refractivity (Wildman–Crippen MR) is 134 cm³/mol. The van der Waals surface area contributed by atoms with Crippen LogP contribution in [0.3, 0.4) is 0 Å². The zero-order chi connectivity index (χ0) is 27.4. The Morgan fingerprint density at radius 1 is 1.00 bits per heavy atom. The second kappa shape index (κ2) is 9.34. The Morgan fingerprint density at radius 2 is 1.58 bits per heavy atom. The Morgan fingerprint density at radius 3 is 2.06 bits per heavy atom. The van der Waals surface area contributed by atoms with Crippen LogP contribution in [0.1, 0.15) is 74.7 Å². The van der Waals surface area contributed by atoms with Gasteiger partial charge in [0, 0.05) is 12.1 Å². The van der Waals surface area contributed by atoms with Gasteiger partial charge in [0.2, 0.25) is 17.6 Å². The van der Waals surface area contributed by atoms with Crippen molar-refractivity contribution < 1.29 is 24.0 Å². The number of nitrogens with zero attached hydrogens (tertiary/aromatic N) is 1. The number of carbonyl (C=O) groups is 5. The highest BCUT2D eigenvalue weighted by molar-refractivity contribution is 6.37. The van der Waals surface area contributed by atoms with Crippen molar-refractivity contribution in [2.75, 3.05) is 6.54 Å². The minimum Gasteiger partial charge on any atom is -0.363 e. The molecule has 0 spiro atoms. The zero-order valence-corrected chi connectivity index (χ0v) is 22.9. The lowest BCUT2D eigenvalue weighted by Gasteiger charge is -2.38. The molecule has 36 heavy (non-hydrogen) atoms. The summed E-state index contributed by atoms with van der Waals surface area (Å²) >= 11 is 0. The Hall–Kier alpha value is -2.65. The molecule has 0 radical (unpaired) electrons. The third kappa shape index (κ3) is 6.00. The number of Topliss-reactive ketones (excluding diaryl/α,β-unsaturated/α-hetero) is 1. The largest absolute Gasteiger partial charge is 0.363 e. The number of rotatable bonds is 8. The van der Waals surface area contributed by atoms with Crippen LogP contribution in [0.5, 0.6) is 0 Å². The number of likely N-dealkylation sites (tertiary alicyclic amines) is 1. The molecule has 0 aromatic rings. The minimum atomic E-state index is -1.08. The van der Waals surface area contributed by atoms with Gasteiger partial charge in [0.1, 0.15) is 12.1 Å². The maximum atomic E-state index is 13.9. The summed E-state index contributed by atoms with van der Waals surface area (Å²) in [6.45, 7) is 15.7. The van der Waals surface area contributed by atoms with E-state index in [0.717, 1.165) is 12.8 Å². The molecular formula is C26H43N5O5. The number of amides is 5. The molecule has 0 aromatic heterocycles. The highest BCUT2D eigenvalue weighted by Gasteiger charge is 2.70. The van der Waals surface area contributed by atoms with Gasteiger partial charge in [-0.25, -0.2) is 4.79 Å². The normalized spacial score (nSPS) is 26.3. The van der Waals surface area contributed by atoms with E-state index >= 15 is 0 Å². The van der Waals surface area contributed by atoms with Crippen molar-refractivity contribution in [2.24, 2.45) is 34.3 Å². The van der Waals surface area contributed by atoms with E-state index in [2.05, 4.69) is 29.8 Å². The van der Waals surface area contributed by atoms with Crippen molar-refractivity contribution in [3.63, 3.8) is 0 Å². The van der Waals surface area contributed by atoms with E-state index in [4.69, 9.17) is 5.73 Å². The van der Waals surface area contributed by atoms with Crippen LogP contribution in [0.25, 0.3) is 0 Å². The number of ketones is 1. The van der Waals surface area contributed by atoms with E-state index in [9.17, 15) is 24.0 Å². The molecule has 0 aromatic carbocycles. The van der Waals surface area contributed by atoms with Crippen LogP contribution in [0.15, 0.2) is 0 Å². The van der Waals surface area contributed by atoms with Crippen LogP contribution < -0.4 is 21.7 Å². The molecule has 10 nitrogen and oxygen atoms in total. The lowest BCUT2D eigenvalue weighted by atomic mass is 9.85. The number of nitrogens with two attached hydrogens (primary N) is 1. The molecular weight excluding hydrogens is 462 g/mol. The van der Waals surface area contributed by atoms with Crippen LogP contribution in [0, 0.1) is 28.6 Å². The summed E-state index contributed by atoms with van der Waals surface area (Å²) in [6, 6.07) is -3.12. The van der Waals surface area contributed by atoms with Gasteiger partial charge in [-0.15, -0.1) is 0 Å². The fourth-order valence-electron chi connectivity index (χ4n) is 5.48. The Kier molecular flexibility index (Phi) is 7.24. The average Bonchev–Trinajstić information content (AvgIpc) is 3.55. The molecule has 5 amide bonds. The Labute approximate surface area is 213 Å². The quantitative estimate of drug-likeness (QED) is 0.367. The number of urea groups is 1. The Balaban J connectivity index is 1.83. The molecule has 5 atom stereocenters. The van der Waals surface area contributed by atoms with Crippen molar-refractivity contribution >= 4 is 29.5 Å². The number of hydrogen-bond donors (Lipinski definition) is 4. The molecule has 1 heterocycles. The highest BCUT2D eigenvalue weighted by Crippen LogP contribution is 2.65. The topological polar surface area (TPSA) is 151 Å². The van der Waals surface area contributed by atoms with Gasteiger partial charge in [-0.05, 0) is 55.8 Å². The van der Waals surface area contributed by atoms with E-state index in [0.29, 0.717) is 13.0 Å². The molecule has 5 N–H and O–H groups in total. The molecule has 202 valence electrons. The van der Waals surface area contributed by atoms with Gasteiger partial charge in [-0.3, -0.25) is 19.2 Å². The fraction of sp³-hybridized carbons (Fsp3) is 0.808. The Bertz CT molecular complexity index is 943. The summed E-state index contributed by atoms with van der Waals surface area (Å²) in [6.07, 6.45) is 2.25. The second-order valence-corrected chi connectivity index (χ2v) is 13.5. The minimum absolute atomic E-state index is 0.0734. The van der Waals surface area contributed by atoms with E-state index in [1.807, 2.05) is 41.5 Å². The standard InChI is InChI=1S/C26H43N5O5/c1-24(2,3)19(29-23(36)30-25(4,5)6)22(35)31-12-14-16(26(14,7)8)17(31)21(34)28-15(11-13-9-10-13)18(32)20(27)33/h13-17,19H,9-12H2,1-8H3,(H2,27,33)(H,28,34)(H2,29,30,36)/t14-,15?,16?,17?,19?/m0/s1. The van der Waals surface area contributed by atoms with Crippen molar-refractivity contribution in [3.05, 3.63) is 0 Å². The first kappa shape index (κ1) is 27.9. The first-order valence-corrected chi connectivity index (χ1v) is 12.9. The number of carbonyl (C=O) groups excluding carboxylic acids is 5. The third-order valence-electron chi connectivity index (χ3n) is 7.78.